The Morgan fingerprint density at radius 1 is 1.50 bits per heavy atom. The van der Waals surface area contributed by atoms with Crippen LogP contribution in [0.25, 0.3) is 0 Å². The van der Waals surface area contributed by atoms with Crippen molar-refractivity contribution in [3.8, 4) is 0 Å². The SMILES string of the molecule is CS(=O)CCC(=O)C(=O)O. The molecule has 0 aromatic rings. The second kappa shape index (κ2) is 4.16. The van der Waals surface area contributed by atoms with E-state index in [0.717, 1.165) is 0 Å². The molecule has 0 aliphatic heterocycles. The predicted molar refractivity (Wildman–Crippen MR) is 36.2 cm³/mol. The molecule has 0 aliphatic carbocycles. The maximum Gasteiger partial charge on any atom is 0.372 e. The van der Waals surface area contributed by atoms with E-state index >= 15 is 0 Å². The van der Waals surface area contributed by atoms with Gasteiger partial charge in [0, 0.05) is 29.2 Å². The van der Waals surface area contributed by atoms with Gasteiger partial charge >= 0.3 is 5.97 Å². The summed E-state index contributed by atoms with van der Waals surface area (Å²) in [7, 11) is -1.09. The highest BCUT2D eigenvalue weighted by Gasteiger charge is 2.10. The highest BCUT2D eigenvalue weighted by atomic mass is 32.2. The van der Waals surface area contributed by atoms with Crippen molar-refractivity contribution in [2.45, 2.75) is 6.42 Å². The van der Waals surface area contributed by atoms with Crippen molar-refractivity contribution in [3.05, 3.63) is 0 Å². The lowest BCUT2D eigenvalue weighted by molar-refractivity contribution is -0.148. The van der Waals surface area contributed by atoms with Crippen LogP contribution in [0.1, 0.15) is 6.42 Å². The zero-order chi connectivity index (χ0) is 8.15. The fraction of sp³-hybridized carbons (Fsp3) is 0.600. The quantitative estimate of drug-likeness (QED) is 0.564. The fourth-order valence-corrected chi connectivity index (χ4v) is 0.816. The number of aliphatic carboxylic acids is 1. The standard InChI is InChI=1S/C5H8O4S/c1-10(9)3-2-4(6)5(7)8/h2-3H2,1H3,(H,7,8). The van der Waals surface area contributed by atoms with Crippen molar-refractivity contribution in [1.82, 2.24) is 0 Å². The van der Waals surface area contributed by atoms with E-state index < -0.39 is 22.6 Å². The van der Waals surface area contributed by atoms with Gasteiger partial charge in [0.1, 0.15) is 0 Å². The number of carbonyl (C=O) groups excluding carboxylic acids is 1. The molecule has 4 nitrogen and oxygen atoms in total. The van der Waals surface area contributed by atoms with Crippen LogP contribution >= 0.6 is 0 Å². The van der Waals surface area contributed by atoms with Gasteiger partial charge in [-0.25, -0.2) is 4.79 Å². The summed E-state index contributed by atoms with van der Waals surface area (Å²) in [6.45, 7) is 0. The lowest BCUT2D eigenvalue weighted by atomic mass is 10.3. The molecule has 0 heterocycles. The molecule has 10 heavy (non-hydrogen) atoms. The molecule has 0 amide bonds. The Bertz CT molecular complexity index is 174. The smallest absolute Gasteiger partial charge is 0.372 e. The van der Waals surface area contributed by atoms with E-state index in [9.17, 15) is 13.8 Å². The van der Waals surface area contributed by atoms with Gasteiger partial charge in [0.2, 0.25) is 5.78 Å². The molecule has 0 aliphatic rings. The van der Waals surface area contributed by atoms with Crippen molar-refractivity contribution in [2.75, 3.05) is 12.0 Å². The largest absolute Gasteiger partial charge is 0.476 e. The van der Waals surface area contributed by atoms with Crippen LogP contribution in [-0.2, 0) is 20.4 Å². The Hall–Kier alpha value is -0.710. The number of ketones is 1. The van der Waals surface area contributed by atoms with Gasteiger partial charge in [-0.05, 0) is 0 Å². The Labute approximate surface area is 60.7 Å². The van der Waals surface area contributed by atoms with Gasteiger partial charge in [0.15, 0.2) is 0 Å². The molecule has 0 aromatic heterocycles. The number of Topliss-reactive ketones (excluding diaryl/α,β-unsaturated/α-hetero) is 1. The topological polar surface area (TPSA) is 71.4 Å². The summed E-state index contributed by atoms with van der Waals surface area (Å²) in [6, 6.07) is 0. The molecular formula is C5H8O4S. The lowest BCUT2D eigenvalue weighted by Crippen LogP contribution is -2.14. The van der Waals surface area contributed by atoms with Crippen LogP contribution in [0.15, 0.2) is 0 Å². The average molecular weight is 164 g/mol. The van der Waals surface area contributed by atoms with Crippen LogP contribution in [0.5, 0.6) is 0 Å². The average Bonchev–Trinajstić information content (AvgIpc) is 1.82. The van der Waals surface area contributed by atoms with Crippen molar-refractivity contribution in [3.63, 3.8) is 0 Å². The van der Waals surface area contributed by atoms with Gasteiger partial charge in [-0.3, -0.25) is 9.00 Å². The van der Waals surface area contributed by atoms with E-state index in [1.54, 1.807) is 0 Å². The molecule has 1 N–H and O–H groups in total. The molecule has 1 unspecified atom stereocenters. The third-order valence-electron chi connectivity index (χ3n) is 0.855. The third-order valence-corrected chi connectivity index (χ3v) is 1.63. The van der Waals surface area contributed by atoms with Crippen LogP contribution in [0, 0.1) is 0 Å². The molecule has 0 aromatic carbocycles. The first kappa shape index (κ1) is 9.29. The van der Waals surface area contributed by atoms with E-state index in [-0.39, 0.29) is 12.2 Å². The second-order valence-corrected chi connectivity index (χ2v) is 3.31. The maximum atomic E-state index is 10.3. The number of carboxylic acids is 1. The van der Waals surface area contributed by atoms with Gasteiger partial charge in [-0.1, -0.05) is 0 Å². The Morgan fingerprint density at radius 3 is 2.30 bits per heavy atom. The van der Waals surface area contributed by atoms with E-state index in [1.165, 1.54) is 6.26 Å². The van der Waals surface area contributed by atoms with E-state index in [1.807, 2.05) is 0 Å². The first-order chi connectivity index (χ1) is 4.54. The maximum absolute atomic E-state index is 10.3. The van der Waals surface area contributed by atoms with Crippen molar-refractivity contribution < 1.29 is 18.9 Å². The summed E-state index contributed by atoms with van der Waals surface area (Å²) in [5.41, 5.74) is 0. The number of hydrogen-bond acceptors (Lipinski definition) is 3. The van der Waals surface area contributed by atoms with E-state index in [0.29, 0.717) is 0 Å². The minimum atomic E-state index is -1.45. The summed E-state index contributed by atoms with van der Waals surface area (Å²) >= 11 is 0. The number of carbonyl (C=O) groups is 2. The molecular weight excluding hydrogens is 156 g/mol. The fourth-order valence-electron chi connectivity index (χ4n) is 0.343. The van der Waals surface area contributed by atoms with Gasteiger partial charge in [-0.2, -0.15) is 0 Å². The number of hydrogen-bond donors (Lipinski definition) is 1. The van der Waals surface area contributed by atoms with Crippen molar-refractivity contribution >= 4 is 22.6 Å². The second-order valence-electron chi connectivity index (χ2n) is 1.76. The van der Waals surface area contributed by atoms with Crippen LogP contribution in [0.3, 0.4) is 0 Å². The van der Waals surface area contributed by atoms with Crippen LogP contribution < -0.4 is 0 Å². The molecule has 0 saturated carbocycles. The van der Waals surface area contributed by atoms with Gasteiger partial charge in [0.25, 0.3) is 0 Å². The summed E-state index contributed by atoms with van der Waals surface area (Å²) in [5.74, 6) is -2.20. The van der Waals surface area contributed by atoms with E-state index in [4.69, 9.17) is 5.11 Å². The van der Waals surface area contributed by atoms with Gasteiger partial charge < -0.3 is 5.11 Å². The molecule has 0 saturated heterocycles. The minimum Gasteiger partial charge on any atom is -0.476 e. The summed E-state index contributed by atoms with van der Waals surface area (Å²) in [6.07, 6.45) is 1.29. The molecule has 5 heteroatoms. The van der Waals surface area contributed by atoms with Crippen LogP contribution in [0.4, 0.5) is 0 Å². The molecule has 0 radical (unpaired) electrons. The Kier molecular flexibility index (Phi) is 3.87. The zero-order valence-corrected chi connectivity index (χ0v) is 6.31. The molecule has 0 bridgehead atoms. The molecule has 0 spiro atoms. The van der Waals surface area contributed by atoms with Crippen LogP contribution in [-0.4, -0.2) is 33.1 Å². The van der Waals surface area contributed by atoms with E-state index in [2.05, 4.69) is 0 Å². The third kappa shape index (κ3) is 4.20. The van der Waals surface area contributed by atoms with Crippen LogP contribution in [0.2, 0.25) is 0 Å². The highest BCUT2D eigenvalue weighted by molar-refractivity contribution is 7.84. The Morgan fingerprint density at radius 2 is 2.00 bits per heavy atom. The monoisotopic (exact) mass is 164 g/mol. The number of carboxylic acid groups (broad SMARTS) is 1. The normalized spacial score (nSPS) is 12.5. The molecule has 0 rings (SSSR count). The summed E-state index contributed by atoms with van der Waals surface area (Å²) < 4.78 is 10.3. The van der Waals surface area contributed by atoms with Crippen molar-refractivity contribution in [1.29, 1.82) is 0 Å². The molecule has 1 atom stereocenters. The lowest BCUT2D eigenvalue weighted by Gasteiger charge is -1.90. The molecule has 0 fully saturated rings. The number of rotatable bonds is 4. The van der Waals surface area contributed by atoms with Gasteiger partial charge in [0.05, 0.1) is 0 Å². The summed E-state index contributed by atoms with van der Waals surface area (Å²) in [4.78, 5) is 20.2. The minimum absolute atomic E-state index is 0.130. The first-order valence-corrected chi connectivity index (χ1v) is 4.33. The highest BCUT2D eigenvalue weighted by Crippen LogP contribution is 1.86. The van der Waals surface area contributed by atoms with Crippen molar-refractivity contribution in [2.24, 2.45) is 0 Å². The van der Waals surface area contributed by atoms with Gasteiger partial charge in [-0.15, -0.1) is 0 Å². The Balaban J connectivity index is 3.60. The first-order valence-electron chi connectivity index (χ1n) is 2.60. The predicted octanol–water partition coefficient (Wildman–Crippen LogP) is -0.591. The summed E-state index contributed by atoms with van der Waals surface area (Å²) in [5, 5.41) is 8.05. The zero-order valence-electron chi connectivity index (χ0n) is 5.49. The molecule has 58 valence electrons.